The Hall–Kier alpha value is -2.33. The lowest BCUT2D eigenvalue weighted by Crippen LogP contribution is -2.56. The normalized spacial score (nSPS) is 22.4. The van der Waals surface area contributed by atoms with Gasteiger partial charge < -0.3 is 19.5 Å². The molecule has 1 fully saturated rings. The summed E-state index contributed by atoms with van der Waals surface area (Å²) in [6.45, 7) is 3.24. The van der Waals surface area contributed by atoms with E-state index in [0.717, 1.165) is 12.8 Å². The number of ether oxygens (including phenoxy) is 3. The van der Waals surface area contributed by atoms with E-state index in [0.29, 0.717) is 62.7 Å². The third kappa shape index (κ3) is 6.60. The summed E-state index contributed by atoms with van der Waals surface area (Å²) in [6.07, 6.45) is 5.09. The van der Waals surface area contributed by atoms with Crippen molar-refractivity contribution >= 4 is 21.9 Å². The van der Waals surface area contributed by atoms with Gasteiger partial charge in [0.05, 0.1) is 12.0 Å². The van der Waals surface area contributed by atoms with E-state index in [1.54, 1.807) is 6.07 Å². The number of fused-ring (bicyclic) bond motifs is 1. The van der Waals surface area contributed by atoms with Gasteiger partial charge in [-0.15, -0.1) is 0 Å². The van der Waals surface area contributed by atoms with Crippen LogP contribution in [0.3, 0.4) is 0 Å². The first-order valence-electron chi connectivity index (χ1n) is 11.5. The van der Waals surface area contributed by atoms with Crippen LogP contribution in [0.5, 0.6) is 11.5 Å². The van der Waals surface area contributed by atoms with Gasteiger partial charge in [0, 0.05) is 19.0 Å². The second-order valence-corrected chi connectivity index (χ2v) is 10.6. The molecule has 0 saturated heterocycles. The molecule has 2 aliphatic rings. The van der Waals surface area contributed by atoms with E-state index in [1.165, 1.54) is 19.2 Å². The van der Waals surface area contributed by atoms with Crippen molar-refractivity contribution in [2.45, 2.75) is 68.7 Å². The predicted octanol–water partition coefficient (Wildman–Crippen LogP) is 2.53. The highest BCUT2D eigenvalue weighted by Gasteiger charge is 2.43. The number of unbranched alkanes of at least 4 members (excludes halogenated alkanes) is 2. The topological polar surface area (TPSA) is 120 Å². The van der Waals surface area contributed by atoms with Crippen molar-refractivity contribution in [3.05, 3.63) is 18.2 Å². The van der Waals surface area contributed by atoms with Crippen LogP contribution in [0, 0.1) is 5.92 Å². The van der Waals surface area contributed by atoms with E-state index in [2.05, 4.69) is 17.0 Å². The smallest absolute Gasteiger partial charge is 0.331 e. The third-order valence-electron chi connectivity index (χ3n) is 6.28. The number of benzene rings is 1. The molecule has 3 rings (SSSR count). The molecule has 2 N–H and O–H groups in total. The molecule has 0 atom stereocenters. The number of hydrogen-bond acceptors (Lipinski definition) is 7. The SMILES string of the molecule is COC(=O)C1(NC(=O)CCCCCNS(=O)(=O)c2ccc3c(c2)OCCO3)CCC(C)CC1. The van der Waals surface area contributed by atoms with Gasteiger partial charge in [-0.05, 0) is 56.6 Å². The minimum absolute atomic E-state index is 0.126. The first-order valence-corrected chi connectivity index (χ1v) is 13.0. The van der Waals surface area contributed by atoms with Crippen LogP contribution < -0.4 is 19.5 Å². The van der Waals surface area contributed by atoms with Gasteiger partial charge in [-0.1, -0.05) is 13.3 Å². The molecule has 1 aliphatic carbocycles. The minimum Gasteiger partial charge on any atom is -0.486 e. The lowest BCUT2D eigenvalue weighted by atomic mass is 9.77. The standard InChI is InChI=1S/C23H34N2O7S/c1-17-9-11-23(12-10-17,22(27)30-2)25-21(26)6-4-3-5-13-24-33(28,29)18-7-8-19-20(16-18)32-15-14-31-19/h7-8,16-17,24H,3-6,9-15H2,1-2H3,(H,25,26). The van der Waals surface area contributed by atoms with Gasteiger partial charge in [0.25, 0.3) is 0 Å². The van der Waals surface area contributed by atoms with Crippen LogP contribution in [0.2, 0.25) is 0 Å². The monoisotopic (exact) mass is 482 g/mol. The molecule has 184 valence electrons. The molecule has 0 unspecified atom stereocenters. The molecule has 1 aromatic carbocycles. The van der Waals surface area contributed by atoms with Crippen molar-refractivity contribution in [2.24, 2.45) is 5.92 Å². The van der Waals surface area contributed by atoms with Crippen LogP contribution in [-0.4, -0.2) is 52.7 Å². The molecule has 1 heterocycles. The quantitative estimate of drug-likeness (QED) is 0.388. The number of rotatable bonds is 10. The van der Waals surface area contributed by atoms with E-state index in [1.807, 2.05) is 0 Å². The highest BCUT2D eigenvalue weighted by Crippen LogP contribution is 2.33. The minimum atomic E-state index is -3.66. The van der Waals surface area contributed by atoms with Gasteiger partial charge in [-0.2, -0.15) is 0 Å². The summed E-state index contributed by atoms with van der Waals surface area (Å²) in [5.41, 5.74) is -0.919. The van der Waals surface area contributed by atoms with E-state index in [4.69, 9.17) is 14.2 Å². The Morgan fingerprint density at radius 3 is 2.48 bits per heavy atom. The number of amides is 1. The van der Waals surface area contributed by atoms with Crippen LogP contribution in [0.15, 0.2) is 23.1 Å². The van der Waals surface area contributed by atoms with Crippen LogP contribution in [0.1, 0.15) is 58.3 Å². The number of methoxy groups -OCH3 is 1. The molecule has 33 heavy (non-hydrogen) atoms. The molecule has 1 saturated carbocycles. The zero-order valence-electron chi connectivity index (χ0n) is 19.4. The average molecular weight is 483 g/mol. The first kappa shape index (κ1) is 25.3. The van der Waals surface area contributed by atoms with E-state index in [9.17, 15) is 18.0 Å². The summed E-state index contributed by atoms with van der Waals surface area (Å²) in [7, 11) is -2.31. The van der Waals surface area contributed by atoms with Gasteiger partial charge in [-0.25, -0.2) is 17.9 Å². The zero-order chi connectivity index (χ0) is 23.9. The van der Waals surface area contributed by atoms with Crippen molar-refractivity contribution in [1.82, 2.24) is 10.0 Å². The Morgan fingerprint density at radius 2 is 1.79 bits per heavy atom. The Labute approximate surface area is 195 Å². The van der Waals surface area contributed by atoms with E-state index < -0.39 is 15.6 Å². The Balaban J connectivity index is 1.39. The van der Waals surface area contributed by atoms with Gasteiger partial charge in [0.2, 0.25) is 15.9 Å². The van der Waals surface area contributed by atoms with Crippen molar-refractivity contribution in [3.8, 4) is 11.5 Å². The maximum atomic E-state index is 12.5. The number of carbonyl (C=O) groups excluding carboxylic acids is 2. The summed E-state index contributed by atoms with van der Waals surface area (Å²) in [4.78, 5) is 24.9. The van der Waals surface area contributed by atoms with Crippen molar-refractivity contribution in [1.29, 1.82) is 0 Å². The summed E-state index contributed by atoms with van der Waals surface area (Å²) < 4.78 is 43.4. The fourth-order valence-corrected chi connectivity index (χ4v) is 5.32. The summed E-state index contributed by atoms with van der Waals surface area (Å²) in [6, 6.07) is 4.55. The molecule has 0 bridgehead atoms. The predicted molar refractivity (Wildman–Crippen MR) is 122 cm³/mol. The Kier molecular flexibility index (Phi) is 8.58. The number of sulfonamides is 1. The van der Waals surface area contributed by atoms with E-state index in [-0.39, 0.29) is 29.7 Å². The van der Waals surface area contributed by atoms with Gasteiger partial charge >= 0.3 is 5.97 Å². The molecular weight excluding hydrogens is 448 g/mol. The second kappa shape index (κ2) is 11.2. The van der Waals surface area contributed by atoms with Crippen molar-refractivity contribution in [3.63, 3.8) is 0 Å². The zero-order valence-corrected chi connectivity index (χ0v) is 20.2. The van der Waals surface area contributed by atoms with Crippen molar-refractivity contribution < 1.29 is 32.2 Å². The van der Waals surface area contributed by atoms with Gasteiger partial charge in [0.15, 0.2) is 11.5 Å². The highest BCUT2D eigenvalue weighted by atomic mass is 32.2. The van der Waals surface area contributed by atoms with Crippen LogP contribution >= 0.6 is 0 Å². The average Bonchev–Trinajstić information content (AvgIpc) is 2.82. The highest BCUT2D eigenvalue weighted by molar-refractivity contribution is 7.89. The van der Waals surface area contributed by atoms with Crippen molar-refractivity contribution in [2.75, 3.05) is 26.9 Å². The lowest BCUT2D eigenvalue weighted by molar-refractivity contribution is -0.153. The van der Waals surface area contributed by atoms with Gasteiger partial charge in [-0.3, -0.25) is 4.79 Å². The summed E-state index contributed by atoms with van der Waals surface area (Å²) in [5.74, 6) is 0.941. The molecule has 0 radical (unpaired) electrons. The molecule has 1 aromatic rings. The lowest BCUT2D eigenvalue weighted by Gasteiger charge is -2.37. The number of esters is 1. The summed E-state index contributed by atoms with van der Waals surface area (Å²) in [5, 5.41) is 2.92. The molecule has 1 aliphatic heterocycles. The molecule has 10 heteroatoms. The fourth-order valence-electron chi connectivity index (χ4n) is 4.23. The van der Waals surface area contributed by atoms with Crippen LogP contribution in [0.4, 0.5) is 0 Å². The molecule has 9 nitrogen and oxygen atoms in total. The molecule has 0 aromatic heterocycles. The first-order chi connectivity index (χ1) is 15.8. The largest absolute Gasteiger partial charge is 0.486 e. The number of hydrogen-bond donors (Lipinski definition) is 2. The summed E-state index contributed by atoms with van der Waals surface area (Å²) >= 11 is 0. The molecular formula is C23H34N2O7S. The number of nitrogens with one attached hydrogen (secondary N) is 2. The number of carbonyl (C=O) groups is 2. The third-order valence-corrected chi connectivity index (χ3v) is 7.74. The molecule has 1 amide bonds. The van der Waals surface area contributed by atoms with Crippen LogP contribution in [0.25, 0.3) is 0 Å². The fraction of sp³-hybridized carbons (Fsp3) is 0.652. The van der Waals surface area contributed by atoms with E-state index >= 15 is 0 Å². The Bertz CT molecular complexity index is 940. The van der Waals surface area contributed by atoms with Gasteiger partial charge in [0.1, 0.15) is 18.8 Å². The Morgan fingerprint density at radius 1 is 1.09 bits per heavy atom. The maximum absolute atomic E-state index is 12.5. The second-order valence-electron chi connectivity index (χ2n) is 8.82. The van der Waals surface area contributed by atoms with Crippen LogP contribution in [-0.2, 0) is 24.3 Å². The molecule has 0 spiro atoms. The maximum Gasteiger partial charge on any atom is 0.331 e.